The number of hydrogen-bond donors (Lipinski definition) is 4. The smallest absolute Gasteiger partial charge is 0.265 e. The molecule has 0 saturated carbocycles. The summed E-state index contributed by atoms with van der Waals surface area (Å²) >= 11 is 5.77. The van der Waals surface area contributed by atoms with E-state index < -0.39 is 0 Å². The molecule has 0 atom stereocenters. The van der Waals surface area contributed by atoms with E-state index in [0.717, 1.165) is 38.4 Å². The average molecular weight is 567 g/mol. The van der Waals surface area contributed by atoms with E-state index in [-0.39, 0.29) is 24.1 Å². The molecule has 3 amide bonds. The number of rotatable bonds is 11. The highest BCUT2D eigenvalue weighted by molar-refractivity contribution is 6.30. The summed E-state index contributed by atoms with van der Waals surface area (Å²) in [5.74, 6) is -0.387. The van der Waals surface area contributed by atoms with Crippen molar-refractivity contribution in [1.29, 1.82) is 0 Å². The highest BCUT2D eigenvalue weighted by Crippen LogP contribution is 2.09. The fraction of sp³-hybridized carbons (Fsp3) is 0.310. The lowest BCUT2D eigenvalue weighted by molar-refractivity contribution is -0.121. The van der Waals surface area contributed by atoms with E-state index in [4.69, 9.17) is 16.3 Å². The molecule has 2 heterocycles. The molecule has 0 radical (unpaired) electrons. The van der Waals surface area contributed by atoms with Gasteiger partial charge in [-0.05, 0) is 42.0 Å². The SMILES string of the molecule is O=C(CCNNC(=O)c1ccncc1)NCc1ccccc1.O=C(NCCN1CCOCC1)c1ccc(Cl)cc1. The van der Waals surface area contributed by atoms with Crippen LogP contribution in [0.2, 0.25) is 5.02 Å². The van der Waals surface area contributed by atoms with Gasteiger partial charge in [-0.2, -0.15) is 0 Å². The standard InChI is InChI=1S/C16H18N4O2.C13H17ClN2O2/c21-15(18-12-13-4-2-1-3-5-13)8-11-19-20-16(22)14-6-9-17-10-7-14;14-12-3-1-11(2-4-12)13(17)15-5-6-16-7-9-18-10-8-16/h1-7,9-10,19H,8,11-12H2,(H,18,21)(H,20,22);1-4H,5-10H2,(H,15,17). The van der Waals surface area contributed by atoms with E-state index in [2.05, 4.69) is 31.4 Å². The Kier molecular flexibility index (Phi) is 13.6. The fourth-order valence-corrected chi connectivity index (χ4v) is 3.76. The Bertz CT molecular complexity index is 1180. The first kappa shape index (κ1) is 30.7. The number of ether oxygens (including phenoxy) is 1. The zero-order valence-electron chi connectivity index (χ0n) is 22.3. The van der Waals surface area contributed by atoms with Gasteiger partial charge in [-0.1, -0.05) is 41.9 Å². The zero-order valence-corrected chi connectivity index (χ0v) is 23.0. The molecule has 1 saturated heterocycles. The molecular weight excluding hydrogens is 532 g/mol. The molecule has 11 heteroatoms. The van der Waals surface area contributed by atoms with Crippen molar-refractivity contribution < 1.29 is 19.1 Å². The molecule has 1 aliphatic heterocycles. The first-order valence-corrected chi connectivity index (χ1v) is 13.5. The Balaban J connectivity index is 0.000000225. The monoisotopic (exact) mass is 566 g/mol. The molecule has 2 aromatic carbocycles. The summed E-state index contributed by atoms with van der Waals surface area (Å²) in [6.45, 7) is 5.83. The number of carbonyl (C=O) groups excluding carboxylic acids is 3. The molecule has 4 N–H and O–H groups in total. The van der Waals surface area contributed by atoms with E-state index in [1.54, 1.807) is 48.8 Å². The van der Waals surface area contributed by atoms with Gasteiger partial charge in [-0.25, -0.2) is 5.43 Å². The number of aromatic nitrogens is 1. The van der Waals surface area contributed by atoms with Crippen LogP contribution >= 0.6 is 11.6 Å². The topological polar surface area (TPSA) is 125 Å². The molecule has 40 heavy (non-hydrogen) atoms. The number of nitrogens with zero attached hydrogens (tertiary/aromatic N) is 2. The predicted molar refractivity (Wildman–Crippen MR) is 154 cm³/mol. The number of hydrogen-bond acceptors (Lipinski definition) is 7. The summed E-state index contributed by atoms with van der Waals surface area (Å²) in [5, 5.41) is 6.36. The minimum absolute atomic E-state index is 0.0556. The number of pyridine rings is 1. The van der Waals surface area contributed by atoms with Crippen molar-refractivity contribution in [3.05, 3.63) is 101 Å². The Hall–Kier alpha value is -3.83. The van der Waals surface area contributed by atoms with Crippen LogP contribution in [0.15, 0.2) is 79.1 Å². The molecule has 3 aromatic rings. The first-order chi connectivity index (χ1) is 19.5. The van der Waals surface area contributed by atoms with Crippen molar-refractivity contribution in [3.63, 3.8) is 0 Å². The second kappa shape index (κ2) is 17.7. The van der Waals surface area contributed by atoms with Gasteiger partial charge in [0.05, 0.1) is 13.2 Å². The summed E-state index contributed by atoms with van der Waals surface area (Å²) in [4.78, 5) is 41.3. The fourth-order valence-electron chi connectivity index (χ4n) is 3.63. The van der Waals surface area contributed by atoms with Crippen LogP contribution in [0, 0.1) is 0 Å². The Morgan fingerprint density at radius 2 is 1.50 bits per heavy atom. The molecule has 0 spiro atoms. The molecule has 1 aromatic heterocycles. The average Bonchev–Trinajstić information content (AvgIpc) is 3.00. The summed E-state index contributed by atoms with van der Waals surface area (Å²) in [6.07, 6.45) is 3.38. The van der Waals surface area contributed by atoms with E-state index in [0.29, 0.717) is 35.8 Å². The summed E-state index contributed by atoms with van der Waals surface area (Å²) in [7, 11) is 0. The van der Waals surface area contributed by atoms with Crippen LogP contribution < -0.4 is 21.5 Å². The van der Waals surface area contributed by atoms with Crippen LogP contribution in [-0.4, -0.2) is 73.5 Å². The third-order valence-electron chi connectivity index (χ3n) is 5.88. The Labute approximate surface area is 239 Å². The van der Waals surface area contributed by atoms with Crippen molar-refractivity contribution in [3.8, 4) is 0 Å². The maximum atomic E-state index is 11.8. The van der Waals surface area contributed by atoms with Crippen LogP contribution in [-0.2, 0) is 16.1 Å². The second-order valence-corrected chi connectivity index (χ2v) is 9.28. The molecule has 0 aliphatic carbocycles. The van der Waals surface area contributed by atoms with Crippen LogP contribution in [0.1, 0.15) is 32.7 Å². The van der Waals surface area contributed by atoms with E-state index in [9.17, 15) is 14.4 Å². The number of benzene rings is 2. The Morgan fingerprint density at radius 1 is 0.825 bits per heavy atom. The van der Waals surface area contributed by atoms with Gasteiger partial charge in [-0.3, -0.25) is 29.7 Å². The number of hydrazine groups is 1. The number of morpholine rings is 1. The third kappa shape index (κ3) is 11.9. The zero-order chi connectivity index (χ0) is 28.4. The van der Waals surface area contributed by atoms with Gasteiger partial charge >= 0.3 is 0 Å². The van der Waals surface area contributed by atoms with Crippen molar-refractivity contribution in [2.45, 2.75) is 13.0 Å². The van der Waals surface area contributed by atoms with Gasteiger partial charge in [0.2, 0.25) is 5.91 Å². The number of carbonyl (C=O) groups is 3. The number of nitrogens with one attached hydrogen (secondary N) is 4. The predicted octanol–water partition coefficient (Wildman–Crippen LogP) is 2.42. The summed E-state index contributed by atoms with van der Waals surface area (Å²) < 4.78 is 5.27. The van der Waals surface area contributed by atoms with Crippen molar-refractivity contribution in [1.82, 2.24) is 31.4 Å². The highest BCUT2D eigenvalue weighted by Gasteiger charge is 2.11. The summed E-state index contributed by atoms with van der Waals surface area (Å²) in [5.41, 5.74) is 7.46. The molecule has 4 rings (SSSR count). The lowest BCUT2D eigenvalue weighted by atomic mass is 10.2. The van der Waals surface area contributed by atoms with Crippen LogP contribution in [0.5, 0.6) is 0 Å². The minimum atomic E-state index is -0.257. The molecule has 212 valence electrons. The Morgan fingerprint density at radius 3 is 2.20 bits per heavy atom. The highest BCUT2D eigenvalue weighted by atomic mass is 35.5. The van der Waals surface area contributed by atoms with Gasteiger partial charge < -0.3 is 15.4 Å². The van der Waals surface area contributed by atoms with Gasteiger partial charge in [0.1, 0.15) is 0 Å². The van der Waals surface area contributed by atoms with E-state index in [1.807, 2.05) is 30.3 Å². The second-order valence-electron chi connectivity index (χ2n) is 8.85. The minimum Gasteiger partial charge on any atom is -0.379 e. The van der Waals surface area contributed by atoms with Gasteiger partial charge in [-0.15, -0.1) is 0 Å². The van der Waals surface area contributed by atoms with Gasteiger partial charge in [0, 0.05) is 74.2 Å². The first-order valence-electron chi connectivity index (χ1n) is 13.1. The normalized spacial score (nSPS) is 12.9. The van der Waals surface area contributed by atoms with Crippen molar-refractivity contribution >= 4 is 29.3 Å². The van der Waals surface area contributed by atoms with E-state index >= 15 is 0 Å². The molecule has 10 nitrogen and oxygen atoms in total. The molecule has 0 bridgehead atoms. The largest absolute Gasteiger partial charge is 0.379 e. The maximum absolute atomic E-state index is 11.8. The van der Waals surface area contributed by atoms with Gasteiger partial charge in [0.25, 0.3) is 11.8 Å². The molecule has 1 aliphatic rings. The van der Waals surface area contributed by atoms with Gasteiger partial charge in [0.15, 0.2) is 0 Å². The lowest BCUT2D eigenvalue weighted by Crippen LogP contribution is -2.41. The molecule has 0 unspecified atom stereocenters. The van der Waals surface area contributed by atoms with E-state index in [1.165, 1.54) is 0 Å². The van der Waals surface area contributed by atoms with Crippen LogP contribution in [0.25, 0.3) is 0 Å². The van der Waals surface area contributed by atoms with Crippen molar-refractivity contribution in [2.24, 2.45) is 0 Å². The lowest BCUT2D eigenvalue weighted by Gasteiger charge is -2.26. The summed E-state index contributed by atoms with van der Waals surface area (Å²) in [6, 6.07) is 19.8. The van der Waals surface area contributed by atoms with Crippen LogP contribution in [0.4, 0.5) is 0 Å². The number of amides is 3. The van der Waals surface area contributed by atoms with Crippen LogP contribution in [0.3, 0.4) is 0 Å². The molecule has 1 fully saturated rings. The van der Waals surface area contributed by atoms with Crippen molar-refractivity contribution in [2.75, 3.05) is 45.9 Å². The third-order valence-corrected chi connectivity index (χ3v) is 6.13. The quantitative estimate of drug-likeness (QED) is 0.207. The number of halogens is 1. The molecular formula is C29H35ClN6O4. The maximum Gasteiger partial charge on any atom is 0.265 e.